The molecule has 0 amide bonds. The smallest absolute Gasteiger partial charge is 0.508 e. The van der Waals surface area contributed by atoms with Gasteiger partial charge in [-0.1, -0.05) is 0 Å². The summed E-state index contributed by atoms with van der Waals surface area (Å²) in [5, 5.41) is 28.9. The summed E-state index contributed by atoms with van der Waals surface area (Å²) in [6.45, 7) is 0. The summed E-state index contributed by atoms with van der Waals surface area (Å²) in [6, 6.07) is 1.62. The van der Waals surface area contributed by atoms with Crippen molar-refractivity contribution >= 4 is 0 Å². The summed E-state index contributed by atoms with van der Waals surface area (Å²) >= 11 is 0. The highest BCUT2D eigenvalue weighted by Crippen LogP contribution is 2.43. The lowest BCUT2D eigenvalue weighted by atomic mass is 10.00. The van der Waals surface area contributed by atoms with Crippen molar-refractivity contribution in [3.8, 4) is 39.9 Å². The number of aromatic hydroxyl groups is 3. The van der Waals surface area contributed by atoms with E-state index in [1.807, 2.05) is 0 Å². The Balaban J connectivity index is 1.99. The average Bonchev–Trinajstić information content (AvgIpc) is 2.62. The van der Waals surface area contributed by atoms with E-state index in [2.05, 4.69) is 9.47 Å². The largest absolute Gasteiger partial charge is 0.573 e. The van der Waals surface area contributed by atoms with Crippen molar-refractivity contribution in [3.63, 3.8) is 0 Å². The van der Waals surface area contributed by atoms with Crippen molar-refractivity contribution in [1.82, 2.24) is 0 Å². The van der Waals surface area contributed by atoms with Crippen LogP contribution in [0.25, 0.3) is 11.1 Å². The molecule has 0 spiro atoms. The van der Waals surface area contributed by atoms with E-state index in [9.17, 15) is 54.8 Å². The van der Waals surface area contributed by atoms with Gasteiger partial charge in [0.1, 0.15) is 40.2 Å². The maximum absolute atomic E-state index is 14.5. The van der Waals surface area contributed by atoms with Gasteiger partial charge in [0.15, 0.2) is 11.6 Å². The normalized spacial score (nSPS) is 12.0. The van der Waals surface area contributed by atoms with Crippen LogP contribution in [0.3, 0.4) is 0 Å². The number of phenolic OH excluding ortho intramolecular Hbond substituents is 3. The molecule has 3 N–H and O–H groups in total. The van der Waals surface area contributed by atoms with Gasteiger partial charge in [-0.15, -0.1) is 13.2 Å². The van der Waals surface area contributed by atoms with Crippen LogP contribution < -0.4 is 9.47 Å². The Bertz CT molecular complexity index is 1190. The molecule has 0 unspecified atom stereocenters. The summed E-state index contributed by atoms with van der Waals surface area (Å²) in [6.07, 6.45) is -10.5. The third-order valence-corrected chi connectivity index (χ3v) is 4.14. The Kier molecular flexibility index (Phi) is 6.11. The first-order valence-corrected chi connectivity index (χ1v) is 8.65. The molecule has 3 aromatic rings. The van der Waals surface area contributed by atoms with Crippen molar-refractivity contribution in [2.45, 2.75) is 12.5 Å². The molecule has 5 nitrogen and oxygen atoms in total. The maximum atomic E-state index is 14.5. The van der Waals surface area contributed by atoms with Gasteiger partial charge >= 0.3 is 12.5 Å². The van der Waals surface area contributed by atoms with Crippen LogP contribution in [-0.4, -0.2) is 21.7 Å². The fourth-order valence-electron chi connectivity index (χ4n) is 2.90. The number of alkyl halides is 5. The van der Waals surface area contributed by atoms with E-state index in [1.165, 1.54) is 0 Å². The second kappa shape index (κ2) is 8.43. The number of hydrogen-bond acceptors (Lipinski definition) is 5. The maximum Gasteiger partial charge on any atom is 0.573 e. The van der Waals surface area contributed by atoms with Gasteiger partial charge in [0.05, 0.1) is 5.56 Å². The van der Waals surface area contributed by atoms with E-state index < -0.39 is 81.2 Å². The van der Waals surface area contributed by atoms with Crippen LogP contribution in [-0.2, 0) is 6.11 Å². The molecule has 3 aromatic carbocycles. The Morgan fingerprint density at radius 3 is 1.53 bits per heavy atom. The molecule has 14 heteroatoms. The molecular weight excluding hydrogens is 491 g/mol. The lowest BCUT2D eigenvalue weighted by Crippen LogP contribution is -2.25. The van der Waals surface area contributed by atoms with Crippen LogP contribution in [0.4, 0.5) is 39.5 Å². The van der Waals surface area contributed by atoms with Gasteiger partial charge in [-0.3, -0.25) is 0 Å². The van der Waals surface area contributed by atoms with Gasteiger partial charge < -0.3 is 24.8 Å². The summed E-state index contributed by atoms with van der Waals surface area (Å²) in [5.74, 6) is -13.9. The number of ether oxygens (including phenoxy) is 2. The van der Waals surface area contributed by atoms with E-state index in [4.69, 9.17) is 0 Å². The minimum Gasteiger partial charge on any atom is -0.508 e. The summed E-state index contributed by atoms with van der Waals surface area (Å²) in [7, 11) is 0. The fraction of sp³-hybridized carbons (Fsp3) is 0.100. The molecule has 0 aromatic heterocycles. The highest BCUT2D eigenvalue weighted by molar-refractivity contribution is 5.77. The van der Waals surface area contributed by atoms with Gasteiger partial charge in [0, 0.05) is 24.3 Å². The molecule has 0 saturated heterocycles. The number of phenols is 3. The predicted molar refractivity (Wildman–Crippen MR) is 94.4 cm³/mol. The molecule has 0 heterocycles. The van der Waals surface area contributed by atoms with E-state index in [0.29, 0.717) is 12.1 Å². The van der Waals surface area contributed by atoms with Crippen LogP contribution in [0.2, 0.25) is 0 Å². The van der Waals surface area contributed by atoms with Gasteiger partial charge in [0.2, 0.25) is 5.75 Å². The van der Waals surface area contributed by atoms with E-state index >= 15 is 0 Å². The van der Waals surface area contributed by atoms with Crippen molar-refractivity contribution in [2.24, 2.45) is 0 Å². The molecular formula is C20H9F9O5. The lowest BCUT2D eigenvalue weighted by Gasteiger charge is -2.21. The van der Waals surface area contributed by atoms with Gasteiger partial charge in [-0.25, -0.2) is 17.6 Å². The van der Waals surface area contributed by atoms with Crippen molar-refractivity contribution in [2.75, 3.05) is 0 Å². The molecule has 0 radical (unpaired) electrons. The Labute approximate surface area is 182 Å². The monoisotopic (exact) mass is 500 g/mol. The Hall–Kier alpha value is -3.97. The van der Waals surface area contributed by atoms with Gasteiger partial charge in [-0.05, 0) is 17.7 Å². The van der Waals surface area contributed by atoms with Crippen LogP contribution in [0.5, 0.6) is 28.7 Å². The lowest BCUT2D eigenvalue weighted by molar-refractivity contribution is -0.276. The summed E-state index contributed by atoms with van der Waals surface area (Å²) in [4.78, 5) is 0. The standard InChI is InChI=1S/C20H9F9O5/c21-10-1-7(16-14(31)3-8(30)4-15(16)32)2-11(22)17(10)19(25,26)33-9-5-12(23)18(13(24)6-9)34-20(27,28)29/h1-6,30-32H. The van der Waals surface area contributed by atoms with Crippen LogP contribution in [0, 0.1) is 23.3 Å². The first-order chi connectivity index (χ1) is 15.6. The minimum absolute atomic E-state index is 0.130. The number of halogens is 9. The van der Waals surface area contributed by atoms with Gasteiger partial charge in [0.25, 0.3) is 0 Å². The van der Waals surface area contributed by atoms with Crippen molar-refractivity contribution < 1.29 is 64.3 Å². The second-order valence-electron chi connectivity index (χ2n) is 6.56. The molecule has 0 atom stereocenters. The molecule has 0 saturated carbocycles. The van der Waals surface area contributed by atoms with Crippen molar-refractivity contribution in [3.05, 3.63) is 65.2 Å². The Morgan fingerprint density at radius 1 is 0.618 bits per heavy atom. The molecule has 34 heavy (non-hydrogen) atoms. The zero-order valence-electron chi connectivity index (χ0n) is 16.0. The number of hydrogen-bond donors (Lipinski definition) is 3. The van der Waals surface area contributed by atoms with E-state index in [-0.39, 0.29) is 24.3 Å². The van der Waals surface area contributed by atoms with E-state index in [1.54, 1.807) is 0 Å². The van der Waals surface area contributed by atoms with E-state index in [0.717, 1.165) is 0 Å². The highest BCUT2D eigenvalue weighted by atomic mass is 19.4. The summed E-state index contributed by atoms with van der Waals surface area (Å²) in [5.41, 5.74) is -3.34. The fourth-order valence-corrected chi connectivity index (χ4v) is 2.90. The third kappa shape index (κ3) is 5.00. The van der Waals surface area contributed by atoms with Crippen LogP contribution in [0.15, 0.2) is 36.4 Å². The number of rotatable bonds is 5. The molecule has 3 rings (SSSR count). The molecule has 0 bridgehead atoms. The SMILES string of the molecule is Oc1cc(O)c(-c2cc(F)c(C(F)(F)Oc3cc(F)c(OC(F)(F)F)c(F)c3)c(F)c2)c(O)c1. The summed E-state index contributed by atoms with van der Waals surface area (Å²) < 4.78 is 129. The minimum atomic E-state index is -5.51. The van der Waals surface area contributed by atoms with Gasteiger partial charge in [-0.2, -0.15) is 8.78 Å². The third-order valence-electron chi connectivity index (χ3n) is 4.14. The first-order valence-electron chi connectivity index (χ1n) is 8.65. The average molecular weight is 500 g/mol. The zero-order chi connectivity index (χ0) is 25.6. The predicted octanol–water partition coefficient (Wildman–Crippen LogP) is 6.05. The Morgan fingerprint density at radius 2 is 1.09 bits per heavy atom. The molecule has 0 aliphatic carbocycles. The number of benzene rings is 3. The first kappa shape index (κ1) is 24.7. The molecule has 182 valence electrons. The highest BCUT2D eigenvalue weighted by Gasteiger charge is 2.42. The molecule has 0 aliphatic rings. The second-order valence-corrected chi connectivity index (χ2v) is 6.56. The quantitative estimate of drug-likeness (QED) is 0.372. The molecule has 0 aliphatic heterocycles. The van der Waals surface area contributed by atoms with Crippen molar-refractivity contribution in [1.29, 1.82) is 0 Å². The zero-order valence-corrected chi connectivity index (χ0v) is 16.0. The molecule has 0 fully saturated rings. The van der Waals surface area contributed by atoms with Crippen LogP contribution in [0.1, 0.15) is 5.56 Å². The topological polar surface area (TPSA) is 79.2 Å². The van der Waals surface area contributed by atoms with Crippen LogP contribution >= 0.6 is 0 Å².